The second kappa shape index (κ2) is 8.23. The molecule has 3 aromatic rings. The van der Waals surface area contributed by atoms with Gasteiger partial charge in [-0.15, -0.1) is 0 Å². The number of nitro benzene ring substituents is 1. The molecule has 7 nitrogen and oxygen atoms in total. The number of amides is 1. The van der Waals surface area contributed by atoms with Crippen LogP contribution in [0.4, 0.5) is 5.69 Å². The second-order valence-electron chi connectivity index (χ2n) is 7.13. The Balaban J connectivity index is 1.83. The molecule has 0 radical (unpaired) electrons. The molecule has 0 spiro atoms. The lowest BCUT2D eigenvalue weighted by Crippen LogP contribution is -2.29. The Labute approximate surface area is 178 Å². The minimum atomic E-state index is -0.791. The van der Waals surface area contributed by atoms with Crippen LogP contribution in [0, 0.1) is 10.1 Å². The Kier molecular flexibility index (Phi) is 5.32. The lowest BCUT2D eigenvalue weighted by atomic mass is 9.95. The maximum atomic E-state index is 13.0. The average molecular weight is 414 g/mol. The SMILES string of the molecule is O=C1C(=O)N(Cc2ccccc2)[C@H](c2ccccc2)C1=C(O)c1ccc([N+](=O)[O-])cc1. The normalized spacial score (nSPS) is 17.7. The van der Waals surface area contributed by atoms with Crippen LogP contribution >= 0.6 is 0 Å². The number of hydrogen-bond acceptors (Lipinski definition) is 5. The number of non-ortho nitro benzene ring substituents is 1. The van der Waals surface area contributed by atoms with Crippen molar-refractivity contribution in [2.75, 3.05) is 0 Å². The first-order valence-electron chi connectivity index (χ1n) is 9.59. The smallest absolute Gasteiger partial charge is 0.295 e. The van der Waals surface area contributed by atoms with E-state index >= 15 is 0 Å². The van der Waals surface area contributed by atoms with Gasteiger partial charge in [0, 0.05) is 24.2 Å². The van der Waals surface area contributed by atoms with Crippen molar-refractivity contribution >= 4 is 23.1 Å². The number of benzene rings is 3. The van der Waals surface area contributed by atoms with Gasteiger partial charge < -0.3 is 10.0 Å². The van der Waals surface area contributed by atoms with E-state index in [0.717, 1.165) is 5.56 Å². The van der Waals surface area contributed by atoms with Gasteiger partial charge in [-0.25, -0.2) is 0 Å². The van der Waals surface area contributed by atoms with Crippen molar-refractivity contribution in [3.05, 3.63) is 117 Å². The van der Waals surface area contributed by atoms with Crippen LogP contribution in [-0.4, -0.2) is 26.6 Å². The van der Waals surface area contributed by atoms with Gasteiger partial charge in [-0.3, -0.25) is 19.7 Å². The molecule has 1 saturated heterocycles. The zero-order valence-electron chi connectivity index (χ0n) is 16.3. The number of nitrogens with zero attached hydrogens (tertiary/aromatic N) is 2. The largest absolute Gasteiger partial charge is 0.507 e. The number of carbonyl (C=O) groups is 2. The fraction of sp³-hybridized carbons (Fsp3) is 0.0833. The van der Waals surface area contributed by atoms with Gasteiger partial charge in [0.25, 0.3) is 17.4 Å². The van der Waals surface area contributed by atoms with Gasteiger partial charge in [0.15, 0.2) is 0 Å². The van der Waals surface area contributed by atoms with Crippen molar-refractivity contribution in [2.24, 2.45) is 0 Å². The van der Waals surface area contributed by atoms with Crippen LogP contribution in [0.2, 0.25) is 0 Å². The molecule has 0 bridgehead atoms. The molecule has 0 aliphatic carbocycles. The highest BCUT2D eigenvalue weighted by Gasteiger charge is 2.46. The van der Waals surface area contributed by atoms with Crippen LogP contribution < -0.4 is 0 Å². The van der Waals surface area contributed by atoms with Crippen molar-refractivity contribution < 1.29 is 19.6 Å². The van der Waals surface area contributed by atoms with Gasteiger partial charge in [-0.1, -0.05) is 60.7 Å². The second-order valence-corrected chi connectivity index (χ2v) is 7.13. The molecule has 1 aliphatic heterocycles. The van der Waals surface area contributed by atoms with Gasteiger partial charge in [-0.2, -0.15) is 0 Å². The molecule has 154 valence electrons. The number of Topliss-reactive ketones (excluding diaryl/α,β-unsaturated/α-hetero) is 1. The van der Waals surface area contributed by atoms with E-state index in [2.05, 4.69) is 0 Å². The van der Waals surface area contributed by atoms with Gasteiger partial charge in [0.1, 0.15) is 5.76 Å². The fourth-order valence-corrected chi connectivity index (χ4v) is 3.70. The zero-order chi connectivity index (χ0) is 22.0. The average Bonchev–Trinajstić information content (AvgIpc) is 3.05. The predicted molar refractivity (Wildman–Crippen MR) is 114 cm³/mol. The third-order valence-electron chi connectivity index (χ3n) is 5.20. The molecule has 31 heavy (non-hydrogen) atoms. The van der Waals surface area contributed by atoms with Crippen molar-refractivity contribution in [2.45, 2.75) is 12.6 Å². The molecule has 0 saturated carbocycles. The van der Waals surface area contributed by atoms with E-state index < -0.39 is 22.7 Å². The summed E-state index contributed by atoms with van der Waals surface area (Å²) in [5, 5.41) is 21.9. The molecule has 1 amide bonds. The first-order chi connectivity index (χ1) is 15.0. The number of ketones is 1. The summed E-state index contributed by atoms with van der Waals surface area (Å²) < 4.78 is 0. The number of aliphatic hydroxyl groups is 1. The minimum absolute atomic E-state index is 0.0408. The number of likely N-dealkylation sites (tertiary alicyclic amines) is 1. The van der Waals surface area contributed by atoms with Crippen LogP contribution in [0.3, 0.4) is 0 Å². The number of rotatable bonds is 5. The van der Waals surface area contributed by atoms with Gasteiger partial charge in [-0.05, 0) is 23.3 Å². The summed E-state index contributed by atoms with van der Waals surface area (Å²) in [7, 11) is 0. The third-order valence-corrected chi connectivity index (χ3v) is 5.20. The Hall–Kier alpha value is -4.26. The molecular weight excluding hydrogens is 396 g/mol. The summed E-state index contributed by atoms with van der Waals surface area (Å²) in [5.41, 5.74) is 1.58. The molecule has 1 fully saturated rings. The zero-order valence-corrected chi connectivity index (χ0v) is 16.3. The summed E-state index contributed by atoms with van der Waals surface area (Å²) in [6.45, 7) is 0.196. The number of hydrogen-bond donors (Lipinski definition) is 1. The van der Waals surface area contributed by atoms with Crippen LogP contribution in [0.1, 0.15) is 22.7 Å². The summed E-state index contributed by atoms with van der Waals surface area (Å²) in [6.07, 6.45) is 0. The molecule has 3 aromatic carbocycles. The number of aliphatic hydroxyl groups excluding tert-OH is 1. The first-order valence-corrected chi connectivity index (χ1v) is 9.59. The highest BCUT2D eigenvalue weighted by atomic mass is 16.6. The maximum Gasteiger partial charge on any atom is 0.295 e. The number of nitro groups is 1. The Morgan fingerprint density at radius 3 is 2.06 bits per heavy atom. The van der Waals surface area contributed by atoms with Gasteiger partial charge >= 0.3 is 0 Å². The summed E-state index contributed by atoms with van der Waals surface area (Å²) in [6, 6.07) is 22.7. The summed E-state index contributed by atoms with van der Waals surface area (Å²) in [5.74, 6) is -1.86. The third kappa shape index (κ3) is 3.81. The molecule has 0 unspecified atom stereocenters. The maximum absolute atomic E-state index is 13.0. The lowest BCUT2D eigenvalue weighted by molar-refractivity contribution is -0.384. The van der Waals surface area contributed by atoms with Crippen molar-refractivity contribution in [1.82, 2.24) is 4.90 Å². The Morgan fingerprint density at radius 2 is 1.48 bits per heavy atom. The predicted octanol–water partition coefficient (Wildman–Crippen LogP) is 4.22. The fourth-order valence-electron chi connectivity index (χ4n) is 3.70. The quantitative estimate of drug-likeness (QED) is 0.222. The molecule has 4 rings (SSSR count). The van der Waals surface area contributed by atoms with E-state index in [-0.39, 0.29) is 29.1 Å². The van der Waals surface area contributed by atoms with Gasteiger partial charge in [0.2, 0.25) is 0 Å². The van der Waals surface area contributed by atoms with E-state index in [1.165, 1.54) is 29.2 Å². The van der Waals surface area contributed by atoms with Gasteiger partial charge in [0.05, 0.1) is 16.5 Å². The first kappa shape index (κ1) is 20.0. The van der Waals surface area contributed by atoms with Crippen LogP contribution in [0.15, 0.2) is 90.5 Å². The van der Waals surface area contributed by atoms with E-state index in [4.69, 9.17) is 0 Å². The van der Waals surface area contributed by atoms with Crippen LogP contribution in [0.5, 0.6) is 0 Å². The van der Waals surface area contributed by atoms with Crippen LogP contribution in [-0.2, 0) is 16.1 Å². The Bertz CT molecular complexity index is 1170. The molecule has 1 N–H and O–H groups in total. The molecule has 1 aliphatic rings. The Morgan fingerprint density at radius 1 is 0.903 bits per heavy atom. The lowest BCUT2D eigenvalue weighted by Gasteiger charge is -2.25. The highest BCUT2D eigenvalue weighted by molar-refractivity contribution is 6.46. The van der Waals surface area contributed by atoms with E-state index in [1.807, 2.05) is 36.4 Å². The molecule has 1 atom stereocenters. The topological polar surface area (TPSA) is 101 Å². The van der Waals surface area contributed by atoms with Crippen molar-refractivity contribution in [1.29, 1.82) is 0 Å². The molecule has 0 aromatic heterocycles. The monoisotopic (exact) mass is 414 g/mol. The molecule has 7 heteroatoms. The number of carbonyl (C=O) groups excluding carboxylic acids is 2. The minimum Gasteiger partial charge on any atom is -0.507 e. The van der Waals surface area contributed by atoms with Crippen LogP contribution in [0.25, 0.3) is 5.76 Å². The van der Waals surface area contributed by atoms with E-state index in [9.17, 15) is 24.8 Å². The molecular formula is C24H18N2O5. The van der Waals surface area contributed by atoms with Crippen molar-refractivity contribution in [3.63, 3.8) is 0 Å². The standard InChI is InChI=1S/C24H18N2O5/c27-22(18-11-13-19(14-12-18)26(30)31)20-21(17-9-5-2-6-10-17)25(24(29)23(20)28)15-16-7-3-1-4-8-16/h1-14,21,27H,15H2/t21-/m1/s1. The summed E-state index contributed by atoms with van der Waals surface area (Å²) >= 11 is 0. The van der Waals surface area contributed by atoms with E-state index in [1.54, 1.807) is 24.3 Å². The van der Waals surface area contributed by atoms with E-state index in [0.29, 0.717) is 5.56 Å². The molecule has 1 heterocycles. The van der Waals surface area contributed by atoms with Crippen molar-refractivity contribution in [3.8, 4) is 0 Å². The summed E-state index contributed by atoms with van der Waals surface area (Å²) in [4.78, 5) is 37.7. The highest BCUT2D eigenvalue weighted by Crippen LogP contribution is 2.40.